The Labute approximate surface area is 351 Å². The molecule has 0 heterocycles. The molecule has 1 aliphatic rings. The van der Waals surface area contributed by atoms with Gasteiger partial charge in [-0.15, -0.1) is 0 Å². The monoisotopic (exact) mass is 854 g/mol. The standard InChI is InChI=1S/C44H88NO12P/c1-3-5-7-9-11-13-15-17-18-19-20-21-23-25-27-29-31-35(46)33-38(48)45-36(37(47)32-30-28-26-24-22-16-14-12-10-8-6-4-2)34-56-58(54,55)57-44-42(52)40(50)39(49)41(51)43(44)53/h35-37,39-44,46-47,49-53H,3-34H2,1-2H3,(H,45,48)(H,54,55). The summed E-state index contributed by atoms with van der Waals surface area (Å²) in [6, 6.07) is -1.15. The van der Waals surface area contributed by atoms with Crippen molar-refractivity contribution in [3.63, 3.8) is 0 Å². The van der Waals surface area contributed by atoms with Crippen LogP contribution in [0.15, 0.2) is 0 Å². The molecule has 346 valence electrons. The van der Waals surface area contributed by atoms with Gasteiger partial charge in [0.05, 0.1) is 31.3 Å². The molecule has 1 fully saturated rings. The Morgan fingerprint density at radius 2 is 0.862 bits per heavy atom. The average molecular weight is 854 g/mol. The molecule has 0 aromatic carbocycles. The second kappa shape index (κ2) is 34.8. The van der Waals surface area contributed by atoms with Gasteiger partial charge in [-0.3, -0.25) is 13.8 Å². The van der Waals surface area contributed by atoms with Crippen LogP contribution in [0.3, 0.4) is 0 Å². The molecule has 0 aromatic rings. The number of nitrogens with one attached hydrogen (secondary N) is 1. The van der Waals surface area contributed by atoms with Gasteiger partial charge in [0.25, 0.3) is 0 Å². The Morgan fingerprint density at radius 1 is 0.534 bits per heavy atom. The highest BCUT2D eigenvalue weighted by Gasteiger charge is 2.51. The molecule has 14 heteroatoms. The first-order chi connectivity index (χ1) is 27.8. The molecule has 8 unspecified atom stereocenters. The number of carbonyl (C=O) groups excluding carboxylic acids is 1. The van der Waals surface area contributed by atoms with E-state index in [-0.39, 0.29) is 12.8 Å². The summed E-state index contributed by atoms with van der Waals surface area (Å²) in [7, 11) is -5.11. The number of phosphoric acid groups is 1. The third kappa shape index (κ3) is 26.6. The van der Waals surface area contributed by atoms with Gasteiger partial charge in [0, 0.05) is 0 Å². The van der Waals surface area contributed by atoms with Crippen molar-refractivity contribution in [2.24, 2.45) is 0 Å². The number of aliphatic hydroxyl groups excluding tert-OH is 7. The lowest BCUT2D eigenvalue weighted by Gasteiger charge is -2.41. The molecular weight excluding hydrogens is 765 g/mol. The highest BCUT2D eigenvalue weighted by Crippen LogP contribution is 2.47. The van der Waals surface area contributed by atoms with Crippen LogP contribution in [0.2, 0.25) is 0 Å². The van der Waals surface area contributed by atoms with Crippen LogP contribution in [0.4, 0.5) is 0 Å². The predicted molar refractivity (Wildman–Crippen MR) is 229 cm³/mol. The Kier molecular flexibility index (Phi) is 33.2. The predicted octanol–water partition coefficient (Wildman–Crippen LogP) is 7.65. The van der Waals surface area contributed by atoms with Crippen LogP contribution in [0.25, 0.3) is 0 Å². The van der Waals surface area contributed by atoms with Crippen molar-refractivity contribution in [2.45, 2.75) is 268 Å². The van der Waals surface area contributed by atoms with Crippen LogP contribution >= 0.6 is 7.82 Å². The number of unbranched alkanes of at least 4 members (excludes halogenated alkanes) is 26. The van der Waals surface area contributed by atoms with Gasteiger partial charge in [0.1, 0.15) is 36.6 Å². The normalized spacial score (nSPS) is 23.7. The Morgan fingerprint density at radius 3 is 1.24 bits per heavy atom. The van der Waals surface area contributed by atoms with E-state index in [1.165, 1.54) is 122 Å². The fourth-order valence-corrected chi connectivity index (χ4v) is 8.80. The number of phosphoric ester groups is 1. The second-order valence-corrected chi connectivity index (χ2v) is 18.6. The second-order valence-electron chi connectivity index (χ2n) is 17.2. The van der Waals surface area contributed by atoms with Crippen molar-refractivity contribution < 1.29 is 59.0 Å². The van der Waals surface area contributed by atoms with E-state index in [1.54, 1.807) is 0 Å². The molecule has 1 aliphatic carbocycles. The van der Waals surface area contributed by atoms with Crippen LogP contribution in [-0.2, 0) is 18.4 Å². The lowest BCUT2D eigenvalue weighted by molar-refractivity contribution is -0.220. The first kappa shape index (κ1) is 55.3. The molecule has 8 atom stereocenters. The first-order valence-corrected chi connectivity index (χ1v) is 25.1. The summed E-state index contributed by atoms with van der Waals surface area (Å²) >= 11 is 0. The molecule has 1 amide bonds. The minimum Gasteiger partial charge on any atom is -0.393 e. The van der Waals surface area contributed by atoms with E-state index in [1.807, 2.05) is 0 Å². The van der Waals surface area contributed by atoms with E-state index in [0.717, 1.165) is 51.4 Å². The van der Waals surface area contributed by atoms with Gasteiger partial charge >= 0.3 is 7.82 Å². The van der Waals surface area contributed by atoms with E-state index in [2.05, 4.69) is 19.2 Å². The average Bonchev–Trinajstić information content (AvgIpc) is 3.19. The number of rotatable bonds is 39. The van der Waals surface area contributed by atoms with E-state index >= 15 is 0 Å². The molecule has 1 rings (SSSR count). The van der Waals surface area contributed by atoms with Gasteiger partial charge < -0.3 is 46.0 Å². The largest absolute Gasteiger partial charge is 0.472 e. The molecule has 0 aromatic heterocycles. The van der Waals surface area contributed by atoms with Gasteiger partial charge in [-0.25, -0.2) is 4.57 Å². The maximum absolute atomic E-state index is 13.0. The van der Waals surface area contributed by atoms with Gasteiger partial charge in [-0.2, -0.15) is 0 Å². The van der Waals surface area contributed by atoms with Crippen molar-refractivity contribution in [3.05, 3.63) is 0 Å². The smallest absolute Gasteiger partial charge is 0.393 e. The molecule has 0 bridgehead atoms. The summed E-state index contributed by atoms with van der Waals surface area (Å²) in [5, 5.41) is 74.6. The summed E-state index contributed by atoms with van der Waals surface area (Å²) in [6.07, 6.45) is 20.1. The lowest BCUT2D eigenvalue weighted by atomic mass is 9.85. The van der Waals surface area contributed by atoms with Crippen molar-refractivity contribution >= 4 is 13.7 Å². The van der Waals surface area contributed by atoms with Crippen molar-refractivity contribution in [1.82, 2.24) is 5.32 Å². The third-order valence-corrected chi connectivity index (χ3v) is 12.7. The van der Waals surface area contributed by atoms with Crippen molar-refractivity contribution in [2.75, 3.05) is 6.61 Å². The number of hydrogen-bond donors (Lipinski definition) is 9. The third-order valence-electron chi connectivity index (χ3n) is 11.7. The Balaban J connectivity index is 2.49. The zero-order valence-corrected chi connectivity index (χ0v) is 37.4. The number of carbonyl (C=O) groups is 1. The fraction of sp³-hybridized carbons (Fsp3) is 0.977. The highest BCUT2D eigenvalue weighted by molar-refractivity contribution is 7.47. The van der Waals surface area contributed by atoms with Crippen molar-refractivity contribution in [1.29, 1.82) is 0 Å². The van der Waals surface area contributed by atoms with Crippen LogP contribution in [0.1, 0.15) is 213 Å². The van der Waals surface area contributed by atoms with Gasteiger partial charge in [0.15, 0.2) is 0 Å². The summed E-state index contributed by atoms with van der Waals surface area (Å²) in [5.74, 6) is -0.557. The van der Waals surface area contributed by atoms with E-state index < -0.39 is 75.2 Å². The van der Waals surface area contributed by atoms with Crippen LogP contribution in [-0.4, -0.2) is 108 Å². The molecule has 13 nitrogen and oxygen atoms in total. The maximum atomic E-state index is 13.0. The van der Waals surface area contributed by atoms with Gasteiger partial charge in [0.2, 0.25) is 5.91 Å². The zero-order valence-electron chi connectivity index (χ0n) is 36.5. The van der Waals surface area contributed by atoms with Crippen molar-refractivity contribution in [3.8, 4) is 0 Å². The quantitative estimate of drug-likeness (QED) is 0.0215. The number of hydrogen-bond acceptors (Lipinski definition) is 11. The first-order valence-electron chi connectivity index (χ1n) is 23.6. The summed E-state index contributed by atoms with van der Waals surface area (Å²) in [4.78, 5) is 23.4. The SMILES string of the molecule is CCCCCCCCCCCCCCCCCCC(O)CC(=O)NC(COP(=O)(O)OC1C(O)C(O)C(O)C(O)C1O)C(O)CCCCCCCCCCCCCC. The van der Waals surface area contributed by atoms with E-state index in [9.17, 15) is 50.0 Å². The minimum atomic E-state index is -5.11. The molecular formula is C44H88NO12P. The maximum Gasteiger partial charge on any atom is 0.472 e. The summed E-state index contributed by atoms with van der Waals surface area (Å²) in [6.45, 7) is 3.79. The lowest BCUT2D eigenvalue weighted by Crippen LogP contribution is -2.64. The number of amides is 1. The summed E-state index contributed by atoms with van der Waals surface area (Å²) < 4.78 is 22.9. The Bertz CT molecular complexity index is 1010. The molecule has 0 aliphatic heterocycles. The van der Waals surface area contributed by atoms with E-state index in [0.29, 0.717) is 12.8 Å². The van der Waals surface area contributed by atoms with Gasteiger partial charge in [-0.1, -0.05) is 194 Å². The summed E-state index contributed by atoms with van der Waals surface area (Å²) in [5.41, 5.74) is 0. The highest BCUT2D eigenvalue weighted by atomic mass is 31.2. The zero-order chi connectivity index (χ0) is 43.0. The van der Waals surface area contributed by atoms with Crippen LogP contribution in [0.5, 0.6) is 0 Å². The fourth-order valence-electron chi connectivity index (χ4n) is 7.83. The van der Waals surface area contributed by atoms with E-state index in [4.69, 9.17) is 9.05 Å². The molecule has 0 radical (unpaired) electrons. The molecule has 1 saturated carbocycles. The molecule has 0 saturated heterocycles. The number of aliphatic hydroxyl groups is 7. The van der Waals surface area contributed by atoms with Gasteiger partial charge in [-0.05, 0) is 12.8 Å². The molecule has 58 heavy (non-hydrogen) atoms. The molecule has 9 N–H and O–H groups in total. The van der Waals surface area contributed by atoms with Crippen LogP contribution in [0, 0.1) is 0 Å². The minimum absolute atomic E-state index is 0.216. The Hall–Kier alpha value is -0.700. The topological polar surface area (TPSA) is 226 Å². The van der Waals surface area contributed by atoms with Crippen LogP contribution < -0.4 is 5.32 Å². The molecule has 0 spiro atoms.